The number of hydrogen-bond acceptors (Lipinski definition) is 3. The number of nitrogens with one attached hydrogen (secondary N) is 1. The van der Waals surface area contributed by atoms with E-state index in [1.807, 2.05) is 24.3 Å². The molecule has 0 heterocycles. The molecule has 0 saturated carbocycles. The summed E-state index contributed by atoms with van der Waals surface area (Å²) in [6.45, 7) is 1.52. The van der Waals surface area contributed by atoms with Gasteiger partial charge in [0.05, 0.1) is 11.3 Å². The average Bonchev–Trinajstić information content (AvgIpc) is 2.68. The Morgan fingerprint density at radius 2 is 1.50 bits per heavy atom. The minimum absolute atomic E-state index is 0.0105. The van der Waals surface area contributed by atoms with Gasteiger partial charge in [-0.1, -0.05) is 42.5 Å². The van der Waals surface area contributed by atoms with Crippen molar-refractivity contribution in [2.45, 2.75) is 6.92 Å². The van der Waals surface area contributed by atoms with E-state index < -0.39 is 5.97 Å². The quantitative estimate of drug-likeness (QED) is 0.432. The van der Waals surface area contributed by atoms with Crippen molar-refractivity contribution < 1.29 is 19.1 Å². The van der Waals surface area contributed by atoms with Gasteiger partial charge in [0.15, 0.2) is 5.78 Å². The van der Waals surface area contributed by atoms with Gasteiger partial charge in [-0.25, -0.2) is 9.18 Å². The van der Waals surface area contributed by atoms with Crippen molar-refractivity contribution in [3.63, 3.8) is 0 Å². The number of ketones is 1. The average molecular weight is 375 g/mol. The van der Waals surface area contributed by atoms with E-state index in [1.54, 1.807) is 36.4 Å². The Morgan fingerprint density at radius 1 is 0.893 bits per heavy atom. The van der Waals surface area contributed by atoms with Crippen LogP contribution in [0.2, 0.25) is 0 Å². The molecule has 0 aliphatic rings. The smallest absolute Gasteiger partial charge is 0.337 e. The monoisotopic (exact) mass is 375 g/mol. The van der Waals surface area contributed by atoms with Gasteiger partial charge in [-0.2, -0.15) is 0 Å². The van der Waals surface area contributed by atoms with Gasteiger partial charge in [0.1, 0.15) is 5.82 Å². The lowest BCUT2D eigenvalue weighted by molar-refractivity contribution is 0.0697. The first kappa shape index (κ1) is 19.0. The Balaban J connectivity index is 1.86. The summed E-state index contributed by atoms with van der Waals surface area (Å²) in [6, 6.07) is 17.8. The number of rotatable bonds is 6. The van der Waals surface area contributed by atoms with Crippen LogP contribution in [0.15, 0.2) is 66.7 Å². The summed E-state index contributed by atoms with van der Waals surface area (Å²) >= 11 is 0. The first-order valence-corrected chi connectivity index (χ1v) is 8.61. The molecule has 3 aromatic carbocycles. The van der Waals surface area contributed by atoms with Crippen molar-refractivity contribution in [1.29, 1.82) is 0 Å². The standard InChI is InChI=1S/C23H18FNO3/c1-15(26)18-7-4-16(5-8-18)2-3-17-6-13-21(23(27)28)22(14-17)25-20-11-9-19(24)10-12-20/h2-14,25H,1H3,(H,27,28)/b3-2+. The predicted octanol–water partition coefficient (Wildman–Crippen LogP) is 5.64. The summed E-state index contributed by atoms with van der Waals surface area (Å²) in [5.74, 6) is -1.41. The van der Waals surface area contributed by atoms with Crippen molar-refractivity contribution in [3.05, 3.63) is 94.8 Å². The molecule has 0 amide bonds. The summed E-state index contributed by atoms with van der Waals surface area (Å²) in [5.41, 5.74) is 3.48. The van der Waals surface area contributed by atoms with Crippen LogP contribution in [-0.4, -0.2) is 16.9 Å². The lowest BCUT2D eigenvalue weighted by Crippen LogP contribution is -2.03. The zero-order chi connectivity index (χ0) is 20.1. The molecular formula is C23H18FNO3. The van der Waals surface area contributed by atoms with Gasteiger partial charge in [0.25, 0.3) is 0 Å². The van der Waals surface area contributed by atoms with Crippen LogP contribution in [0.4, 0.5) is 15.8 Å². The van der Waals surface area contributed by atoms with E-state index in [1.165, 1.54) is 25.1 Å². The molecule has 0 aromatic heterocycles. The second-order valence-corrected chi connectivity index (χ2v) is 6.25. The summed E-state index contributed by atoms with van der Waals surface area (Å²) in [4.78, 5) is 22.8. The van der Waals surface area contributed by atoms with E-state index >= 15 is 0 Å². The van der Waals surface area contributed by atoms with Gasteiger partial charge in [-0.05, 0) is 54.4 Å². The maximum absolute atomic E-state index is 13.1. The molecule has 2 N–H and O–H groups in total. The molecule has 0 aliphatic heterocycles. The fraction of sp³-hybridized carbons (Fsp3) is 0.0435. The number of halogens is 1. The van der Waals surface area contributed by atoms with Crippen molar-refractivity contribution in [3.8, 4) is 0 Å². The highest BCUT2D eigenvalue weighted by Gasteiger charge is 2.10. The van der Waals surface area contributed by atoms with Gasteiger partial charge < -0.3 is 10.4 Å². The number of hydrogen-bond donors (Lipinski definition) is 2. The molecule has 0 fully saturated rings. The molecule has 5 heteroatoms. The molecule has 0 bridgehead atoms. The molecule has 140 valence electrons. The molecule has 0 unspecified atom stereocenters. The van der Waals surface area contributed by atoms with Crippen LogP contribution in [0.5, 0.6) is 0 Å². The highest BCUT2D eigenvalue weighted by Crippen LogP contribution is 2.24. The van der Waals surface area contributed by atoms with E-state index in [2.05, 4.69) is 5.32 Å². The molecule has 0 spiro atoms. The molecule has 3 rings (SSSR count). The highest BCUT2D eigenvalue weighted by molar-refractivity contribution is 5.96. The fourth-order valence-electron chi connectivity index (χ4n) is 2.67. The number of carboxylic acid groups (broad SMARTS) is 1. The predicted molar refractivity (Wildman–Crippen MR) is 108 cm³/mol. The number of carbonyl (C=O) groups is 2. The van der Waals surface area contributed by atoms with Crippen LogP contribution in [0.25, 0.3) is 12.2 Å². The summed E-state index contributed by atoms with van der Waals surface area (Å²) in [5, 5.41) is 12.4. The number of carbonyl (C=O) groups excluding carboxylic acids is 1. The van der Waals surface area contributed by atoms with Crippen LogP contribution < -0.4 is 5.32 Å². The van der Waals surface area contributed by atoms with E-state index in [0.29, 0.717) is 16.9 Å². The molecular weight excluding hydrogens is 357 g/mol. The van der Waals surface area contributed by atoms with Crippen LogP contribution in [-0.2, 0) is 0 Å². The van der Waals surface area contributed by atoms with Crippen LogP contribution in [0.1, 0.15) is 38.8 Å². The second kappa shape index (κ2) is 8.31. The van der Waals surface area contributed by atoms with E-state index in [-0.39, 0.29) is 17.2 Å². The normalized spacial score (nSPS) is 10.8. The van der Waals surface area contributed by atoms with Crippen LogP contribution in [0.3, 0.4) is 0 Å². The SMILES string of the molecule is CC(=O)c1ccc(/C=C/c2ccc(C(=O)O)c(Nc3ccc(F)cc3)c2)cc1. The van der Waals surface area contributed by atoms with E-state index in [9.17, 15) is 19.1 Å². The third kappa shape index (κ3) is 4.71. The Kier molecular flexibility index (Phi) is 5.65. The largest absolute Gasteiger partial charge is 0.478 e. The lowest BCUT2D eigenvalue weighted by atomic mass is 10.1. The Hall–Kier alpha value is -3.73. The first-order valence-electron chi connectivity index (χ1n) is 8.61. The molecule has 4 nitrogen and oxygen atoms in total. The highest BCUT2D eigenvalue weighted by atomic mass is 19.1. The van der Waals surface area contributed by atoms with Crippen molar-refractivity contribution >= 4 is 35.3 Å². The minimum atomic E-state index is -1.06. The van der Waals surface area contributed by atoms with Gasteiger partial charge >= 0.3 is 5.97 Å². The van der Waals surface area contributed by atoms with Crippen LogP contribution in [0, 0.1) is 5.82 Å². The lowest BCUT2D eigenvalue weighted by Gasteiger charge is -2.11. The van der Waals surface area contributed by atoms with Gasteiger partial charge in [-0.15, -0.1) is 0 Å². The number of Topliss-reactive ketones (excluding diaryl/α,β-unsaturated/α-hetero) is 1. The molecule has 28 heavy (non-hydrogen) atoms. The van der Waals surface area contributed by atoms with Crippen molar-refractivity contribution in [2.75, 3.05) is 5.32 Å². The van der Waals surface area contributed by atoms with Crippen molar-refractivity contribution in [1.82, 2.24) is 0 Å². The molecule has 0 aliphatic carbocycles. The van der Waals surface area contributed by atoms with Crippen LogP contribution >= 0.6 is 0 Å². The zero-order valence-electron chi connectivity index (χ0n) is 15.1. The zero-order valence-corrected chi connectivity index (χ0v) is 15.1. The van der Waals surface area contributed by atoms with Crippen molar-refractivity contribution in [2.24, 2.45) is 0 Å². The number of aromatic carboxylic acids is 1. The molecule has 3 aromatic rings. The fourth-order valence-corrected chi connectivity index (χ4v) is 2.67. The Labute approximate surface area is 162 Å². The summed E-state index contributed by atoms with van der Waals surface area (Å²) in [7, 11) is 0. The van der Waals surface area contributed by atoms with E-state index in [4.69, 9.17) is 0 Å². The Bertz CT molecular complexity index is 1040. The molecule has 0 radical (unpaired) electrons. The number of carboxylic acids is 1. The minimum Gasteiger partial charge on any atom is -0.478 e. The number of benzene rings is 3. The topological polar surface area (TPSA) is 66.4 Å². The van der Waals surface area contributed by atoms with Gasteiger partial charge in [0.2, 0.25) is 0 Å². The Morgan fingerprint density at radius 3 is 2.11 bits per heavy atom. The third-order valence-electron chi connectivity index (χ3n) is 4.18. The maximum atomic E-state index is 13.1. The third-order valence-corrected chi connectivity index (χ3v) is 4.18. The van der Waals surface area contributed by atoms with Gasteiger partial charge in [-0.3, -0.25) is 4.79 Å². The summed E-state index contributed by atoms with van der Waals surface area (Å²) < 4.78 is 13.1. The molecule has 0 saturated heterocycles. The van der Waals surface area contributed by atoms with Gasteiger partial charge in [0, 0.05) is 11.3 Å². The maximum Gasteiger partial charge on any atom is 0.337 e. The number of anilines is 2. The first-order chi connectivity index (χ1) is 13.4. The second-order valence-electron chi connectivity index (χ2n) is 6.25. The molecule has 0 atom stereocenters. The summed E-state index contributed by atoms with van der Waals surface area (Å²) in [6.07, 6.45) is 3.73. The van der Waals surface area contributed by atoms with E-state index in [0.717, 1.165) is 11.1 Å².